The second-order valence-corrected chi connectivity index (χ2v) is 5.21. The van der Waals surface area contributed by atoms with E-state index in [1.165, 1.54) is 0 Å². The molecule has 0 spiro atoms. The van der Waals surface area contributed by atoms with Crippen molar-refractivity contribution in [3.05, 3.63) is 28.7 Å². The quantitative estimate of drug-likeness (QED) is 0.760. The standard InChI is InChI=1S/C13H20BrNO2/c1-10(2)13(9-16)15-6-7-17-12-5-3-4-11(14)8-12/h3-5,8,10,13,15-16H,6-7,9H2,1-2H3. The minimum Gasteiger partial charge on any atom is -0.492 e. The molecule has 1 atom stereocenters. The molecule has 96 valence electrons. The van der Waals surface area contributed by atoms with E-state index >= 15 is 0 Å². The predicted octanol–water partition coefficient (Wildman–Crippen LogP) is 2.43. The van der Waals surface area contributed by atoms with Crippen LogP contribution in [0.5, 0.6) is 5.75 Å². The highest BCUT2D eigenvalue weighted by Gasteiger charge is 2.10. The van der Waals surface area contributed by atoms with Gasteiger partial charge in [-0.1, -0.05) is 35.8 Å². The molecule has 3 nitrogen and oxygen atoms in total. The molecule has 1 rings (SSSR count). The molecular formula is C13H20BrNO2. The zero-order valence-electron chi connectivity index (χ0n) is 10.3. The second-order valence-electron chi connectivity index (χ2n) is 4.29. The van der Waals surface area contributed by atoms with Gasteiger partial charge in [-0.2, -0.15) is 0 Å². The first-order chi connectivity index (χ1) is 8.13. The van der Waals surface area contributed by atoms with Crippen LogP contribution in [0.25, 0.3) is 0 Å². The fourth-order valence-electron chi connectivity index (χ4n) is 1.48. The van der Waals surface area contributed by atoms with Crippen molar-refractivity contribution in [2.75, 3.05) is 19.8 Å². The van der Waals surface area contributed by atoms with Gasteiger partial charge in [0.2, 0.25) is 0 Å². The Balaban J connectivity index is 2.24. The van der Waals surface area contributed by atoms with Crippen molar-refractivity contribution in [2.45, 2.75) is 19.9 Å². The lowest BCUT2D eigenvalue weighted by Crippen LogP contribution is -2.39. The highest BCUT2D eigenvalue weighted by atomic mass is 79.9. The Morgan fingerprint density at radius 1 is 1.41 bits per heavy atom. The lowest BCUT2D eigenvalue weighted by atomic mass is 10.1. The van der Waals surface area contributed by atoms with Gasteiger partial charge in [0.1, 0.15) is 12.4 Å². The minimum atomic E-state index is 0.140. The summed E-state index contributed by atoms with van der Waals surface area (Å²) in [6.45, 7) is 5.66. The number of benzene rings is 1. The third kappa shape index (κ3) is 5.52. The summed E-state index contributed by atoms with van der Waals surface area (Å²) >= 11 is 3.40. The Labute approximate surface area is 111 Å². The van der Waals surface area contributed by atoms with Crippen molar-refractivity contribution in [1.82, 2.24) is 5.32 Å². The maximum absolute atomic E-state index is 9.14. The van der Waals surface area contributed by atoms with Gasteiger partial charge >= 0.3 is 0 Å². The molecule has 0 saturated heterocycles. The van der Waals surface area contributed by atoms with E-state index in [1.807, 2.05) is 24.3 Å². The van der Waals surface area contributed by atoms with Gasteiger partial charge in [0.25, 0.3) is 0 Å². The first-order valence-electron chi connectivity index (χ1n) is 5.86. The summed E-state index contributed by atoms with van der Waals surface area (Å²) in [5, 5.41) is 12.4. The topological polar surface area (TPSA) is 41.5 Å². The molecule has 1 aromatic carbocycles. The van der Waals surface area contributed by atoms with Gasteiger partial charge in [-0.05, 0) is 24.1 Å². The van der Waals surface area contributed by atoms with E-state index in [1.54, 1.807) is 0 Å². The molecule has 0 aliphatic heterocycles. The van der Waals surface area contributed by atoms with Crippen LogP contribution in [0.2, 0.25) is 0 Å². The van der Waals surface area contributed by atoms with E-state index in [0.29, 0.717) is 12.5 Å². The maximum atomic E-state index is 9.14. The minimum absolute atomic E-state index is 0.140. The van der Waals surface area contributed by atoms with Crippen molar-refractivity contribution in [2.24, 2.45) is 5.92 Å². The average molecular weight is 302 g/mol. The lowest BCUT2D eigenvalue weighted by Gasteiger charge is -2.19. The zero-order valence-corrected chi connectivity index (χ0v) is 11.9. The van der Waals surface area contributed by atoms with Gasteiger partial charge in [0.15, 0.2) is 0 Å². The van der Waals surface area contributed by atoms with Gasteiger partial charge in [0, 0.05) is 17.1 Å². The van der Waals surface area contributed by atoms with E-state index in [2.05, 4.69) is 35.1 Å². The molecule has 4 heteroatoms. The smallest absolute Gasteiger partial charge is 0.120 e. The molecule has 0 heterocycles. The summed E-state index contributed by atoms with van der Waals surface area (Å²) in [4.78, 5) is 0. The van der Waals surface area contributed by atoms with Crippen molar-refractivity contribution in [3.8, 4) is 5.75 Å². The first-order valence-corrected chi connectivity index (χ1v) is 6.65. The molecule has 17 heavy (non-hydrogen) atoms. The number of halogens is 1. The van der Waals surface area contributed by atoms with Crippen LogP contribution >= 0.6 is 15.9 Å². The molecule has 0 saturated carbocycles. The number of nitrogens with one attached hydrogen (secondary N) is 1. The van der Waals surface area contributed by atoms with Gasteiger partial charge < -0.3 is 15.2 Å². The van der Waals surface area contributed by atoms with Crippen molar-refractivity contribution >= 4 is 15.9 Å². The summed E-state index contributed by atoms with van der Waals surface area (Å²) in [5.41, 5.74) is 0. The van der Waals surface area contributed by atoms with E-state index in [9.17, 15) is 0 Å². The Hall–Kier alpha value is -0.580. The zero-order chi connectivity index (χ0) is 12.7. The maximum Gasteiger partial charge on any atom is 0.120 e. The third-order valence-corrected chi connectivity index (χ3v) is 3.07. The number of rotatable bonds is 7. The van der Waals surface area contributed by atoms with E-state index in [-0.39, 0.29) is 12.6 Å². The van der Waals surface area contributed by atoms with Crippen LogP contribution < -0.4 is 10.1 Å². The van der Waals surface area contributed by atoms with Gasteiger partial charge in [0.05, 0.1) is 6.61 Å². The van der Waals surface area contributed by atoms with Crippen LogP contribution in [0.1, 0.15) is 13.8 Å². The Morgan fingerprint density at radius 3 is 2.76 bits per heavy atom. The highest BCUT2D eigenvalue weighted by molar-refractivity contribution is 9.10. The molecule has 0 amide bonds. The van der Waals surface area contributed by atoms with Crippen LogP contribution in [-0.2, 0) is 0 Å². The third-order valence-electron chi connectivity index (χ3n) is 2.57. The normalized spacial score (nSPS) is 12.8. The van der Waals surface area contributed by atoms with Crippen LogP contribution in [-0.4, -0.2) is 30.9 Å². The average Bonchev–Trinajstić information content (AvgIpc) is 2.28. The molecule has 1 unspecified atom stereocenters. The Morgan fingerprint density at radius 2 is 2.18 bits per heavy atom. The predicted molar refractivity (Wildman–Crippen MR) is 73.4 cm³/mol. The molecule has 2 N–H and O–H groups in total. The van der Waals surface area contributed by atoms with Crippen LogP contribution in [0.4, 0.5) is 0 Å². The van der Waals surface area contributed by atoms with E-state index in [0.717, 1.165) is 16.8 Å². The molecular weight excluding hydrogens is 282 g/mol. The summed E-state index contributed by atoms with van der Waals surface area (Å²) in [7, 11) is 0. The molecule has 1 aromatic rings. The van der Waals surface area contributed by atoms with Crippen LogP contribution in [0.15, 0.2) is 28.7 Å². The van der Waals surface area contributed by atoms with Crippen LogP contribution in [0, 0.1) is 5.92 Å². The van der Waals surface area contributed by atoms with Gasteiger partial charge in [-0.25, -0.2) is 0 Å². The number of aliphatic hydroxyl groups is 1. The number of ether oxygens (including phenoxy) is 1. The number of hydrogen-bond acceptors (Lipinski definition) is 3. The molecule has 0 aliphatic rings. The molecule has 0 fully saturated rings. The van der Waals surface area contributed by atoms with Gasteiger partial charge in [-0.15, -0.1) is 0 Å². The monoisotopic (exact) mass is 301 g/mol. The van der Waals surface area contributed by atoms with E-state index in [4.69, 9.17) is 9.84 Å². The van der Waals surface area contributed by atoms with Gasteiger partial charge in [-0.3, -0.25) is 0 Å². The summed E-state index contributed by atoms with van der Waals surface area (Å²) in [5.74, 6) is 1.28. The molecule has 0 aromatic heterocycles. The molecule has 0 bridgehead atoms. The Kier molecular flexibility index (Phi) is 6.55. The fraction of sp³-hybridized carbons (Fsp3) is 0.538. The first kappa shape index (κ1) is 14.5. The van der Waals surface area contributed by atoms with Crippen molar-refractivity contribution in [1.29, 1.82) is 0 Å². The summed E-state index contributed by atoms with van der Waals surface area (Å²) in [6.07, 6.45) is 0. The number of hydrogen-bond donors (Lipinski definition) is 2. The summed E-state index contributed by atoms with van der Waals surface area (Å²) in [6, 6.07) is 7.91. The fourth-order valence-corrected chi connectivity index (χ4v) is 1.86. The Bertz CT molecular complexity index is 331. The highest BCUT2D eigenvalue weighted by Crippen LogP contribution is 2.17. The van der Waals surface area contributed by atoms with Crippen LogP contribution in [0.3, 0.4) is 0 Å². The SMILES string of the molecule is CC(C)C(CO)NCCOc1cccc(Br)c1. The van der Waals surface area contributed by atoms with Crippen molar-refractivity contribution < 1.29 is 9.84 Å². The lowest BCUT2D eigenvalue weighted by molar-refractivity contribution is 0.202. The second kappa shape index (κ2) is 7.69. The largest absolute Gasteiger partial charge is 0.492 e. The van der Waals surface area contributed by atoms with Crippen molar-refractivity contribution in [3.63, 3.8) is 0 Å². The molecule has 0 aliphatic carbocycles. The number of aliphatic hydroxyl groups excluding tert-OH is 1. The molecule has 0 radical (unpaired) electrons. The van der Waals surface area contributed by atoms with E-state index < -0.39 is 0 Å². The summed E-state index contributed by atoms with van der Waals surface area (Å²) < 4.78 is 6.60.